The van der Waals surface area contributed by atoms with Crippen molar-refractivity contribution in [2.24, 2.45) is 0 Å². The van der Waals surface area contributed by atoms with Gasteiger partial charge < -0.3 is 20.1 Å². The number of ether oxygens (including phenoxy) is 2. The maximum atomic E-state index is 12.6. The van der Waals surface area contributed by atoms with Crippen LogP contribution in [0.4, 0.5) is 0 Å². The molecule has 1 unspecified atom stereocenters. The van der Waals surface area contributed by atoms with Gasteiger partial charge in [-0.2, -0.15) is 0 Å². The second kappa shape index (κ2) is 9.46. The van der Waals surface area contributed by atoms with Crippen molar-refractivity contribution in [3.05, 3.63) is 58.6 Å². The van der Waals surface area contributed by atoms with Gasteiger partial charge in [0.05, 0.1) is 7.11 Å². The fourth-order valence-electron chi connectivity index (χ4n) is 3.02. The molecule has 1 saturated heterocycles. The van der Waals surface area contributed by atoms with Crippen molar-refractivity contribution in [2.45, 2.75) is 31.9 Å². The number of methoxy groups -OCH3 is 1. The Morgan fingerprint density at radius 2 is 2.04 bits per heavy atom. The number of hydrogen-bond acceptors (Lipinski definition) is 4. The first kappa shape index (κ1) is 20.0. The Labute approximate surface area is 169 Å². The zero-order valence-corrected chi connectivity index (χ0v) is 16.4. The number of hydrogen-bond donors (Lipinski definition) is 2. The Morgan fingerprint density at radius 3 is 2.82 bits per heavy atom. The van der Waals surface area contributed by atoms with Crippen molar-refractivity contribution < 1.29 is 19.1 Å². The zero-order valence-electron chi connectivity index (χ0n) is 15.7. The van der Waals surface area contributed by atoms with Gasteiger partial charge in [-0.05, 0) is 43.5 Å². The lowest BCUT2D eigenvalue weighted by molar-refractivity contribution is -0.122. The van der Waals surface area contributed by atoms with Crippen molar-refractivity contribution >= 4 is 23.4 Å². The van der Waals surface area contributed by atoms with E-state index in [4.69, 9.17) is 21.1 Å². The molecule has 6 nitrogen and oxygen atoms in total. The molecule has 1 heterocycles. The molecule has 1 fully saturated rings. The Bertz CT molecular complexity index is 856. The van der Waals surface area contributed by atoms with Gasteiger partial charge in [-0.25, -0.2) is 0 Å². The summed E-state index contributed by atoms with van der Waals surface area (Å²) in [7, 11) is 1.51. The summed E-state index contributed by atoms with van der Waals surface area (Å²) in [6.07, 6.45) is 2.44. The molecule has 0 aliphatic carbocycles. The normalized spacial score (nSPS) is 16.6. The third kappa shape index (κ3) is 4.95. The van der Waals surface area contributed by atoms with E-state index >= 15 is 0 Å². The summed E-state index contributed by atoms with van der Waals surface area (Å²) in [5.41, 5.74) is 1.26. The molecule has 7 heteroatoms. The van der Waals surface area contributed by atoms with Crippen molar-refractivity contribution in [3.8, 4) is 11.5 Å². The average molecular weight is 403 g/mol. The maximum absolute atomic E-state index is 12.6. The second-order valence-electron chi connectivity index (χ2n) is 6.56. The predicted octanol–water partition coefficient (Wildman–Crippen LogP) is 3.33. The number of nitrogens with one attached hydrogen (secondary N) is 2. The van der Waals surface area contributed by atoms with Gasteiger partial charge >= 0.3 is 0 Å². The number of halogens is 1. The highest BCUT2D eigenvalue weighted by Gasteiger charge is 2.23. The van der Waals surface area contributed by atoms with E-state index in [2.05, 4.69) is 10.6 Å². The zero-order chi connectivity index (χ0) is 19.9. The lowest BCUT2D eigenvalue weighted by Crippen LogP contribution is -2.45. The smallest absolute Gasteiger partial charge is 0.252 e. The minimum absolute atomic E-state index is 0.141. The van der Waals surface area contributed by atoms with Gasteiger partial charge in [0.15, 0.2) is 11.5 Å². The van der Waals surface area contributed by atoms with E-state index in [0.29, 0.717) is 35.1 Å². The third-order valence-electron chi connectivity index (χ3n) is 4.61. The Morgan fingerprint density at radius 1 is 1.21 bits per heavy atom. The van der Waals surface area contributed by atoms with Crippen LogP contribution in [0, 0.1) is 0 Å². The highest BCUT2D eigenvalue weighted by Crippen LogP contribution is 2.29. The second-order valence-corrected chi connectivity index (χ2v) is 6.97. The Balaban J connectivity index is 1.69. The van der Waals surface area contributed by atoms with Gasteiger partial charge in [0.1, 0.15) is 12.6 Å². The molecule has 2 aromatic rings. The summed E-state index contributed by atoms with van der Waals surface area (Å²) in [6.45, 7) is 0.931. The fraction of sp³-hybridized carbons (Fsp3) is 0.333. The number of rotatable bonds is 6. The van der Waals surface area contributed by atoms with E-state index in [1.165, 1.54) is 7.11 Å². The van der Waals surface area contributed by atoms with Crippen molar-refractivity contribution in [3.63, 3.8) is 0 Å². The lowest BCUT2D eigenvalue weighted by Gasteiger charge is -2.16. The molecular weight excluding hydrogens is 380 g/mol. The molecule has 2 amide bonds. The predicted molar refractivity (Wildman–Crippen MR) is 107 cm³/mol. The monoisotopic (exact) mass is 402 g/mol. The highest BCUT2D eigenvalue weighted by atomic mass is 35.5. The molecule has 3 rings (SSSR count). The molecular formula is C21H23ClN2O4. The quantitative estimate of drug-likeness (QED) is 0.777. The molecule has 0 bridgehead atoms. The van der Waals surface area contributed by atoms with Crippen molar-refractivity contribution in [1.82, 2.24) is 10.6 Å². The molecule has 1 aliphatic heterocycles. The van der Waals surface area contributed by atoms with Crippen LogP contribution in [0.3, 0.4) is 0 Å². The van der Waals surface area contributed by atoms with E-state index in [-0.39, 0.29) is 18.4 Å². The summed E-state index contributed by atoms with van der Waals surface area (Å²) in [6, 6.07) is 11.8. The fourth-order valence-corrected chi connectivity index (χ4v) is 3.21. The van der Waals surface area contributed by atoms with Crippen LogP contribution >= 0.6 is 11.6 Å². The van der Waals surface area contributed by atoms with Gasteiger partial charge in [-0.3, -0.25) is 9.59 Å². The molecule has 0 aromatic heterocycles. The Hall–Kier alpha value is -2.73. The summed E-state index contributed by atoms with van der Waals surface area (Å²) < 4.78 is 11.2. The number of benzene rings is 2. The van der Waals surface area contributed by atoms with E-state index < -0.39 is 6.04 Å². The van der Waals surface area contributed by atoms with E-state index in [1.807, 2.05) is 18.2 Å². The number of amides is 2. The van der Waals surface area contributed by atoms with Gasteiger partial charge in [0, 0.05) is 22.7 Å². The van der Waals surface area contributed by atoms with Crippen LogP contribution in [0.5, 0.6) is 11.5 Å². The van der Waals surface area contributed by atoms with E-state index in [0.717, 1.165) is 18.4 Å². The standard InChI is InChI=1S/C21H23ClN2O4/c1-27-19-12-14(20(25)24-17-8-4-5-11-23-21(17)26)9-10-18(19)28-13-15-6-2-3-7-16(15)22/h2-3,6-7,9-10,12,17H,4-5,8,11,13H2,1H3,(H,23,26)(H,24,25). The van der Waals surface area contributed by atoms with Crippen LogP contribution in [0.25, 0.3) is 0 Å². The van der Waals surface area contributed by atoms with Crippen LogP contribution in [-0.4, -0.2) is 31.5 Å². The average Bonchev–Trinajstić information content (AvgIpc) is 2.91. The lowest BCUT2D eigenvalue weighted by atomic mass is 10.1. The minimum atomic E-state index is -0.517. The van der Waals surface area contributed by atoms with Crippen LogP contribution in [-0.2, 0) is 11.4 Å². The van der Waals surface area contributed by atoms with Gasteiger partial charge in [-0.1, -0.05) is 29.8 Å². The summed E-state index contributed by atoms with van der Waals surface area (Å²) in [5, 5.41) is 6.23. The van der Waals surface area contributed by atoms with Gasteiger partial charge in [-0.15, -0.1) is 0 Å². The van der Waals surface area contributed by atoms with Crippen LogP contribution in [0.15, 0.2) is 42.5 Å². The molecule has 1 atom stereocenters. The van der Waals surface area contributed by atoms with Crippen LogP contribution < -0.4 is 20.1 Å². The molecule has 2 N–H and O–H groups in total. The van der Waals surface area contributed by atoms with E-state index in [1.54, 1.807) is 24.3 Å². The number of carbonyl (C=O) groups is 2. The van der Waals surface area contributed by atoms with Crippen molar-refractivity contribution in [2.75, 3.05) is 13.7 Å². The van der Waals surface area contributed by atoms with Crippen LogP contribution in [0.2, 0.25) is 5.02 Å². The van der Waals surface area contributed by atoms with Crippen molar-refractivity contribution in [1.29, 1.82) is 0 Å². The Kier molecular flexibility index (Phi) is 6.76. The molecule has 0 spiro atoms. The van der Waals surface area contributed by atoms with Gasteiger partial charge in [0.25, 0.3) is 5.91 Å². The molecule has 0 saturated carbocycles. The third-order valence-corrected chi connectivity index (χ3v) is 4.98. The topological polar surface area (TPSA) is 76.7 Å². The molecule has 28 heavy (non-hydrogen) atoms. The first-order valence-electron chi connectivity index (χ1n) is 9.21. The summed E-state index contributed by atoms with van der Waals surface area (Å²) in [5.74, 6) is 0.478. The van der Waals surface area contributed by atoms with Crippen LogP contribution in [0.1, 0.15) is 35.2 Å². The summed E-state index contributed by atoms with van der Waals surface area (Å²) >= 11 is 6.15. The van der Waals surface area contributed by atoms with E-state index in [9.17, 15) is 9.59 Å². The molecule has 0 radical (unpaired) electrons. The molecule has 2 aromatic carbocycles. The first-order chi connectivity index (χ1) is 13.6. The molecule has 148 valence electrons. The highest BCUT2D eigenvalue weighted by molar-refractivity contribution is 6.31. The SMILES string of the molecule is COc1cc(C(=O)NC2CCCCNC2=O)ccc1OCc1ccccc1Cl. The molecule has 1 aliphatic rings. The minimum Gasteiger partial charge on any atom is -0.493 e. The summed E-state index contributed by atoms with van der Waals surface area (Å²) in [4.78, 5) is 24.6. The number of carbonyl (C=O) groups excluding carboxylic acids is 2. The maximum Gasteiger partial charge on any atom is 0.252 e. The first-order valence-corrected chi connectivity index (χ1v) is 9.59. The van der Waals surface area contributed by atoms with Gasteiger partial charge in [0.2, 0.25) is 5.91 Å². The largest absolute Gasteiger partial charge is 0.493 e.